The Morgan fingerprint density at radius 3 is 2.62 bits per heavy atom. The van der Waals surface area contributed by atoms with E-state index in [0.29, 0.717) is 29.2 Å². The number of benzene rings is 2. The monoisotopic (exact) mass is 369 g/mol. The lowest BCUT2D eigenvalue weighted by atomic mass is 10.1. The Hall–Kier alpha value is -2.73. The van der Waals surface area contributed by atoms with Crippen LogP contribution >= 0.6 is 11.8 Å². The lowest BCUT2D eigenvalue weighted by Crippen LogP contribution is -2.29. The number of methoxy groups -OCH3 is 1. The number of aromatic hydroxyl groups is 1. The molecule has 0 unspecified atom stereocenters. The molecule has 1 fully saturated rings. The van der Waals surface area contributed by atoms with Crippen LogP contribution in [-0.2, 0) is 11.2 Å². The van der Waals surface area contributed by atoms with Crippen molar-refractivity contribution in [3.63, 3.8) is 0 Å². The summed E-state index contributed by atoms with van der Waals surface area (Å²) in [6.45, 7) is 0.376. The van der Waals surface area contributed by atoms with Crippen LogP contribution in [0.3, 0.4) is 0 Å². The highest BCUT2D eigenvalue weighted by atomic mass is 32.2. The summed E-state index contributed by atoms with van der Waals surface area (Å²) in [6.07, 6.45) is 3.04. The van der Waals surface area contributed by atoms with Crippen molar-refractivity contribution in [2.24, 2.45) is 0 Å². The van der Waals surface area contributed by atoms with E-state index in [1.807, 2.05) is 30.3 Å². The number of carbonyl (C=O) groups is 2. The Morgan fingerprint density at radius 2 is 1.88 bits per heavy atom. The number of phenolic OH excluding ortho intramolecular Hbond substituents is 1. The molecule has 134 valence electrons. The van der Waals surface area contributed by atoms with E-state index in [9.17, 15) is 14.7 Å². The Kier molecular flexibility index (Phi) is 5.63. The van der Waals surface area contributed by atoms with Gasteiger partial charge in [-0.3, -0.25) is 14.5 Å². The molecule has 2 amide bonds. The van der Waals surface area contributed by atoms with Crippen molar-refractivity contribution in [2.45, 2.75) is 12.8 Å². The van der Waals surface area contributed by atoms with Gasteiger partial charge in [0.25, 0.3) is 11.1 Å². The fourth-order valence-electron chi connectivity index (χ4n) is 2.74. The average molecular weight is 369 g/mol. The zero-order chi connectivity index (χ0) is 18.5. The van der Waals surface area contributed by atoms with Crippen LogP contribution in [0.4, 0.5) is 4.79 Å². The summed E-state index contributed by atoms with van der Waals surface area (Å²) in [4.78, 5) is 26.3. The van der Waals surface area contributed by atoms with Crippen LogP contribution in [0, 0.1) is 0 Å². The van der Waals surface area contributed by atoms with Crippen LogP contribution in [0.5, 0.6) is 11.5 Å². The Morgan fingerprint density at radius 1 is 1.12 bits per heavy atom. The summed E-state index contributed by atoms with van der Waals surface area (Å²) in [5, 5.41) is 9.87. The summed E-state index contributed by atoms with van der Waals surface area (Å²) in [5.74, 6) is -0.0537. The molecular formula is C20H19NO4S. The normalized spacial score (nSPS) is 15.7. The molecule has 0 atom stereocenters. The van der Waals surface area contributed by atoms with Gasteiger partial charge in [-0.05, 0) is 42.3 Å². The highest BCUT2D eigenvalue weighted by Gasteiger charge is 2.34. The topological polar surface area (TPSA) is 66.8 Å². The maximum atomic E-state index is 12.5. The fourth-order valence-corrected chi connectivity index (χ4v) is 3.60. The van der Waals surface area contributed by atoms with E-state index >= 15 is 0 Å². The quantitative estimate of drug-likeness (QED) is 0.778. The molecule has 1 heterocycles. The predicted molar refractivity (Wildman–Crippen MR) is 102 cm³/mol. The van der Waals surface area contributed by atoms with Gasteiger partial charge in [-0.1, -0.05) is 42.5 Å². The molecule has 2 aromatic carbocycles. The Labute approximate surface area is 156 Å². The molecule has 5 nitrogen and oxygen atoms in total. The molecule has 26 heavy (non-hydrogen) atoms. The highest BCUT2D eigenvalue weighted by Crippen LogP contribution is 2.36. The van der Waals surface area contributed by atoms with Crippen molar-refractivity contribution in [2.75, 3.05) is 13.7 Å². The van der Waals surface area contributed by atoms with Crippen LogP contribution in [0.2, 0.25) is 0 Å². The third-order valence-corrected chi connectivity index (χ3v) is 5.01. The Balaban J connectivity index is 1.68. The Bertz CT molecular complexity index is 848. The minimum Gasteiger partial charge on any atom is -0.504 e. The van der Waals surface area contributed by atoms with Crippen molar-refractivity contribution < 1.29 is 19.4 Å². The molecule has 1 saturated heterocycles. The van der Waals surface area contributed by atoms with Gasteiger partial charge in [0.15, 0.2) is 11.5 Å². The second-order valence-electron chi connectivity index (χ2n) is 5.82. The van der Waals surface area contributed by atoms with Crippen LogP contribution in [-0.4, -0.2) is 34.8 Å². The fraction of sp³-hybridized carbons (Fsp3) is 0.200. The number of hydrogen-bond donors (Lipinski definition) is 1. The molecule has 6 heteroatoms. The first-order valence-electron chi connectivity index (χ1n) is 8.25. The van der Waals surface area contributed by atoms with Crippen LogP contribution in [0.25, 0.3) is 6.08 Å². The SMILES string of the molecule is COc1cccc(/C=C2\SC(=O)N(CCCc3ccccc3)C2=O)c1O. The van der Waals surface area contributed by atoms with Crippen molar-refractivity contribution in [1.29, 1.82) is 0 Å². The standard InChI is InChI=1S/C20H19NO4S/c1-25-16-11-5-10-15(18(16)22)13-17-19(23)21(20(24)26-17)12-6-9-14-7-3-2-4-8-14/h2-5,7-8,10-11,13,22H,6,9,12H2,1H3/b17-13-. The van der Waals surface area contributed by atoms with Crippen LogP contribution in [0.1, 0.15) is 17.5 Å². The van der Waals surface area contributed by atoms with Gasteiger partial charge >= 0.3 is 0 Å². The van der Waals surface area contributed by atoms with E-state index in [-0.39, 0.29) is 16.9 Å². The number of phenols is 1. The van der Waals surface area contributed by atoms with Crippen LogP contribution in [0.15, 0.2) is 53.4 Å². The average Bonchev–Trinajstić information content (AvgIpc) is 2.92. The van der Waals surface area contributed by atoms with E-state index in [1.54, 1.807) is 18.2 Å². The summed E-state index contributed by atoms with van der Waals surface area (Å²) in [6, 6.07) is 15.0. The molecule has 0 radical (unpaired) electrons. The van der Waals surface area contributed by atoms with Gasteiger partial charge in [-0.25, -0.2) is 0 Å². The van der Waals surface area contributed by atoms with Crippen molar-refractivity contribution in [1.82, 2.24) is 4.90 Å². The molecule has 0 aliphatic carbocycles. The second kappa shape index (κ2) is 8.10. The van der Waals surface area contributed by atoms with E-state index in [2.05, 4.69) is 0 Å². The highest BCUT2D eigenvalue weighted by molar-refractivity contribution is 8.18. The third kappa shape index (κ3) is 3.91. The molecule has 1 N–H and O–H groups in total. The lowest BCUT2D eigenvalue weighted by molar-refractivity contribution is -0.122. The van der Waals surface area contributed by atoms with E-state index in [0.717, 1.165) is 18.2 Å². The third-order valence-electron chi connectivity index (χ3n) is 4.10. The molecule has 0 spiro atoms. The number of para-hydroxylation sites is 1. The van der Waals surface area contributed by atoms with E-state index in [4.69, 9.17) is 4.74 Å². The van der Waals surface area contributed by atoms with Crippen molar-refractivity contribution >= 4 is 29.0 Å². The largest absolute Gasteiger partial charge is 0.504 e. The van der Waals surface area contributed by atoms with Crippen molar-refractivity contribution in [3.8, 4) is 11.5 Å². The smallest absolute Gasteiger partial charge is 0.293 e. The number of thioether (sulfide) groups is 1. The first-order chi connectivity index (χ1) is 12.6. The molecular weight excluding hydrogens is 350 g/mol. The number of nitrogens with zero attached hydrogens (tertiary/aromatic N) is 1. The molecule has 1 aliphatic rings. The number of hydrogen-bond acceptors (Lipinski definition) is 5. The minimum absolute atomic E-state index is 0.0501. The van der Waals surface area contributed by atoms with E-state index in [1.165, 1.54) is 23.6 Å². The van der Waals surface area contributed by atoms with E-state index < -0.39 is 0 Å². The van der Waals surface area contributed by atoms with Gasteiger partial charge in [0.05, 0.1) is 12.0 Å². The molecule has 2 aromatic rings. The number of amides is 2. The molecule has 0 aromatic heterocycles. The van der Waals surface area contributed by atoms with Gasteiger partial charge in [0, 0.05) is 12.1 Å². The van der Waals surface area contributed by atoms with Gasteiger partial charge in [-0.2, -0.15) is 0 Å². The second-order valence-corrected chi connectivity index (χ2v) is 6.81. The van der Waals surface area contributed by atoms with Crippen LogP contribution < -0.4 is 4.74 Å². The van der Waals surface area contributed by atoms with Gasteiger partial charge < -0.3 is 9.84 Å². The summed E-state index contributed by atoms with van der Waals surface area (Å²) in [5.41, 5.74) is 1.62. The maximum Gasteiger partial charge on any atom is 0.293 e. The van der Waals surface area contributed by atoms with Gasteiger partial charge in [-0.15, -0.1) is 0 Å². The van der Waals surface area contributed by atoms with Gasteiger partial charge in [0.2, 0.25) is 0 Å². The number of aryl methyl sites for hydroxylation is 1. The van der Waals surface area contributed by atoms with Crippen molar-refractivity contribution in [3.05, 3.63) is 64.6 Å². The lowest BCUT2D eigenvalue weighted by Gasteiger charge is -2.12. The number of imide groups is 1. The zero-order valence-electron chi connectivity index (χ0n) is 14.3. The first-order valence-corrected chi connectivity index (χ1v) is 9.07. The first kappa shape index (κ1) is 18.1. The molecule has 0 saturated carbocycles. The minimum atomic E-state index is -0.324. The summed E-state index contributed by atoms with van der Waals surface area (Å²) in [7, 11) is 1.46. The maximum absolute atomic E-state index is 12.5. The zero-order valence-corrected chi connectivity index (χ0v) is 15.2. The summed E-state index contributed by atoms with van der Waals surface area (Å²) >= 11 is 0.892. The molecule has 3 rings (SSSR count). The van der Waals surface area contributed by atoms with Gasteiger partial charge in [0.1, 0.15) is 0 Å². The number of rotatable bonds is 6. The number of ether oxygens (including phenoxy) is 1. The molecule has 1 aliphatic heterocycles. The number of carbonyl (C=O) groups excluding carboxylic acids is 2. The predicted octanol–water partition coefficient (Wildman–Crippen LogP) is 4.07. The molecule has 0 bridgehead atoms. The summed E-state index contributed by atoms with van der Waals surface area (Å²) < 4.78 is 5.07.